The van der Waals surface area contributed by atoms with Crippen molar-refractivity contribution in [2.75, 3.05) is 7.11 Å². The van der Waals surface area contributed by atoms with E-state index < -0.39 is 22.0 Å². The molecule has 1 fully saturated rings. The van der Waals surface area contributed by atoms with Gasteiger partial charge in [0.25, 0.3) is 16.8 Å². The summed E-state index contributed by atoms with van der Waals surface area (Å²) in [5, 5.41) is 10.9. The van der Waals surface area contributed by atoms with E-state index in [1.54, 1.807) is 42.5 Å². The van der Waals surface area contributed by atoms with Crippen molar-refractivity contribution < 1.29 is 28.8 Å². The van der Waals surface area contributed by atoms with Crippen LogP contribution in [0.4, 0.5) is 10.5 Å². The minimum absolute atomic E-state index is 0.0134. The Morgan fingerprint density at radius 3 is 2.43 bits per heavy atom. The van der Waals surface area contributed by atoms with Crippen LogP contribution < -0.4 is 9.47 Å². The summed E-state index contributed by atoms with van der Waals surface area (Å²) in [6.07, 6.45) is 1.55. The molecule has 0 saturated carbocycles. The molecule has 1 heterocycles. The third-order valence-corrected chi connectivity index (χ3v) is 7.15. The van der Waals surface area contributed by atoms with Gasteiger partial charge < -0.3 is 9.47 Å². The number of methoxy groups -OCH3 is 1. The topological polar surface area (TPSA) is 116 Å². The van der Waals surface area contributed by atoms with Gasteiger partial charge in [0, 0.05) is 17.2 Å². The third-order valence-electron chi connectivity index (χ3n) is 5.19. The minimum atomic E-state index is -0.590. The summed E-state index contributed by atoms with van der Waals surface area (Å²) < 4.78 is 11.5. The minimum Gasteiger partial charge on any atom is -0.493 e. The molecule has 4 rings (SSSR count). The van der Waals surface area contributed by atoms with E-state index in [4.69, 9.17) is 21.1 Å². The van der Waals surface area contributed by atoms with E-state index in [1.807, 2.05) is 22.6 Å². The van der Waals surface area contributed by atoms with Crippen molar-refractivity contribution in [3.63, 3.8) is 0 Å². The molecule has 1 saturated heterocycles. The van der Waals surface area contributed by atoms with Gasteiger partial charge in [-0.3, -0.25) is 24.6 Å². The molecule has 0 unspecified atom stereocenters. The number of non-ortho nitro benzene ring substituents is 1. The lowest BCUT2D eigenvalue weighted by atomic mass is 10.1. The van der Waals surface area contributed by atoms with Crippen molar-refractivity contribution >= 4 is 74.8 Å². The number of carbonyl (C=O) groups is 3. The Balaban J connectivity index is 1.53. The van der Waals surface area contributed by atoms with Gasteiger partial charge in [-0.2, -0.15) is 0 Å². The molecule has 1 aliphatic rings. The van der Waals surface area contributed by atoms with Crippen molar-refractivity contribution in [2.45, 2.75) is 6.54 Å². The molecule has 0 aromatic heterocycles. The zero-order chi connectivity index (χ0) is 26.7. The maximum absolute atomic E-state index is 12.9. The molecule has 0 aliphatic carbocycles. The van der Waals surface area contributed by atoms with E-state index in [0.29, 0.717) is 25.3 Å². The fourth-order valence-corrected chi connectivity index (χ4v) is 5.05. The van der Waals surface area contributed by atoms with Crippen molar-refractivity contribution in [2.24, 2.45) is 0 Å². The van der Waals surface area contributed by atoms with Gasteiger partial charge in [-0.25, -0.2) is 4.79 Å². The van der Waals surface area contributed by atoms with Crippen LogP contribution in [0.25, 0.3) is 6.08 Å². The number of halogens is 2. The molecule has 0 N–H and O–H groups in total. The molecule has 12 heteroatoms. The number of esters is 1. The van der Waals surface area contributed by atoms with Crippen LogP contribution in [-0.4, -0.2) is 34.0 Å². The summed E-state index contributed by atoms with van der Waals surface area (Å²) in [6.45, 7) is -0.0134. The zero-order valence-corrected chi connectivity index (χ0v) is 22.7. The van der Waals surface area contributed by atoms with Gasteiger partial charge >= 0.3 is 5.97 Å². The highest BCUT2D eigenvalue weighted by Gasteiger charge is 2.35. The Labute approximate surface area is 233 Å². The summed E-state index contributed by atoms with van der Waals surface area (Å²) in [4.78, 5) is 49.6. The molecule has 3 aromatic carbocycles. The molecule has 0 atom stereocenters. The summed E-state index contributed by atoms with van der Waals surface area (Å²) >= 11 is 8.65. The maximum Gasteiger partial charge on any atom is 0.343 e. The van der Waals surface area contributed by atoms with Gasteiger partial charge in [-0.15, -0.1) is 0 Å². The first-order valence-electron chi connectivity index (χ1n) is 10.5. The van der Waals surface area contributed by atoms with Crippen molar-refractivity contribution in [1.29, 1.82) is 0 Å². The molecule has 9 nitrogen and oxygen atoms in total. The third kappa shape index (κ3) is 6.12. The predicted molar refractivity (Wildman–Crippen MR) is 147 cm³/mol. The summed E-state index contributed by atoms with van der Waals surface area (Å²) in [5.74, 6) is -0.592. The quantitative estimate of drug-likeness (QED) is 0.0729. The second kappa shape index (κ2) is 11.3. The maximum atomic E-state index is 12.9. The normalized spacial score (nSPS) is 14.2. The fourth-order valence-electron chi connectivity index (χ4n) is 3.35. The number of nitrogens with zero attached hydrogens (tertiary/aromatic N) is 2. The van der Waals surface area contributed by atoms with E-state index >= 15 is 0 Å². The highest BCUT2D eigenvalue weighted by Crippen LogP contribution is 2.38. The Kier molecular flexibility index (Phi) is 8.15. The van der Waals surface area contributed by atoms with Crippen LogP contribution in [0, 0.1) is 13.7 Å². The monoisotopic (exact) mass is 650 g/mol. The van der Waals surface area contributed by atoms with Crippen molar-refractivity contribution in [3.05, 3.63) is 101 Å². The van der Waals surface area contributed by atoms with E-state index in [2.05, 4.69) is 0 Å². The van der Waals surface area contributed by atoms with Crippen LogP contribution in [0.5, 0.6) is 11.5 Å². The van der Waals surface area contributed by atoms with Gasteiger partial charge in [0.1, 0.15) is 0 Å². The number of nitro benzene ring substituents is 1. The largest absolute Gasteiger partial charge is 0.493 e. The van der Waals surface area contributed by atoms with E-state index in [9.17, 15) is 24.5 Å². The van der Waals surface area contributed by atoms with E-state index in [-0.39, 0.29) is 28.6 Å². The Bertz CT molecular complexity index is 1440. The lowest BCUT2D eigenvalue weighted by molar-refractivity contribution is -0.384. The Morgan fingerprint density at radius 1 is 1.14 bits per heavy atom. The molecule has 37 heavy (non-hydrogen) atoms. The predicted octanol–water partition coefficient (Wildman–Crippen LogP) is 6.32. The van der Waals surface area contributed by atoms with E-state index in [1.165, 1.54) is 31.4 Å². The summed E-state index contributed by atoms with van der Waals surface area (Å²) in [6, 6.07) is 15.2. The number of benzene rings is 3. The summed E-state index contributed by atoms with van der Waals surface area (Å²) in [5.41, 5.74) is 1.38. The first-order chi connectivity index (χ1) is 17.7. The molecule has 2 amide bonds. The van der Waals surface area contributed by atoms with E-state index in [0.717, 1.165) is 16.7 Å². The lowest BCUT2D eigenvalue weighted by Crippen LogP contribution is -2.27. The zero-order valence-electron chi connectivity index (χ0n) is 19.0. The van der Waals surface area contributed by atoms with Crippen LogP contribution in [0.3, 0.4) is 0 Å². The first-order valence-corrected chi connectivity index (χ1v) is 12.8. The van der Waals surface area contributed by atoms with Crippen molar-refractivity contribution in [1.82, 2.24) is 4.90 Å². The SMILES string of the molecule is COc1cc(/C=C2\SC(=O)N(Cc3ccc([N+](=O)[O-])cc3)C2=O)cc(I)c1OC(=O)c1ccc(Cl)cc1. The van der Waals surface area contributed by atoms with Gasteiger partial charge in [-0.05, 0) is 88.0 Å². The number of imide groups is 1. The molecule has 188 valence electrons. The molecule has 0 spiro atoms. The Morgan fingerprint density at radius 2 is 1.81 bits per heavy atom. The number of nitro groups is 1. The summed E-state index contributed by atoms with van der Waals surface area (Å²) in [7, 11) is 1.42. The first kappa shape index (κ1) is 26.6. The number of amides is 2. The number of ether oxygens (including phenoxy) is 2. The second-order valence-electron chi connectivity index (χ2n) is 7.62. The number of rotatable bonds is 7. The van der Waals surface area contributed by atoms with Crippen LogP contribution in [0.2, 0.25) is 5.02 Å². The number of hydrogen-bond acceptors (Lipinski definition) is 8. The Hall–Kier alpha value is -3.42. The molecular weight excluding hydrogens is 635 g/mol. The molecule has 1 aliphatic heterocycles. The van der Waals surface area contributed by atoms with Gasteiger partial charge in [-0.1, -0.05) is 23.7 Å². The average Bonchev–Trinajstić information content (AvgIpc) is 3.13. The van der Waals surface area contributed by atoms with Crippen LogP contribution >= 0.6 is 46.0 Å². The van der Waals surface area contributed by atoms with Crippen LogP contribution in [0.15, 0.2) is 65.6 Å². The van der Waals surface area contributed by atoms with Gasteiger partial charge in [0.2, 0.25) is 0 Å². The van der Waals surface area contributed by atoms with Gasteiger partial charge in [0.15, 0.2) is 11.5 Å². The standard InChI is InChI=1S/C25H16ClIN2O7S/c1-35-20-11-15(10-19(27)22(20)36-24(31)16-4-6-17(26)7-5-16)12-21-23(30)28(25(32)37-21)13-14-2-8-18(9-3-14)29(33)34/h2-12H,13H2,1H3/b21-12-. The van der Waals surface area contributed by atoms with Crippen LogP contribution in [-0.2, 0) is 11.3 Å². The number of thioether (sulfide) groups is 1. The van der Waals surface area contributed by atoms with Gasteiger partial charge in [0.05, 0.1) is 32.6 Å². The highest BCUT2D eigenvalue weighted by molar-refractivity contribution is 14.1. The van der Waals surface area contributed by atoms with Crippen molar-refractivity contribution in [3.8, 4) is 11.5 Å². The number of hydrogen-bond donors (Lipinski definition) is 0. The second-order valence-corrected chi connectivity index (χ2v) is 10.2. The fraction of sp³-hybridized carbons (Fsp3) is 0.0800. The highest BCUT2D eigenvalue weighted by atomic mass is 127. The smallest absolute Gasteiger partial charge is 0.343 e. The number of carbonyl (C=O) groups excluding carboxylic acids is 3. The molecule has 0 radical (unpaired) electrons. The average molecular weight is 651 g/mol. The van der Waals surface area contributed by atoms with Crippen LogP contribution in [0.1, 0.15) is 21.5 Å². The molecule has 3 aromatic rings. The lowest BCUT2D eigenvalue weighted by Gasteiger charge is -2.13. The molecular formula is C25H16ClIN2O7S. The molecule has 0 bridgehead atoms.